The zero-order chi connectivity index (χ0) is 13.1. The molecule has 2 unspecified atom stereocenters. The van der Waals surface area contributed by atoms with Crippen LogP contribution in [0.3, 0.4) is 0 Å². The lowest BCUT2D eigenvalue weighted by Crippen LogP contribution is -2.49. The van der Waals surface area contributed by atoms with Crippen molar-refractivity contribution in [2.75, 3.05) is 18.1 Å². The Morgan fingerprint density at radius 2 is 2.26 bits per heavy atom. The summed E-state index contributed by atoms with van der Waals surface area (Å²) in [5.41, 5.74) is 0.157. The summed E-state index contributed by atoms with van der Waals surface area (Å²) in [5, 5.41) is 3.71. The van der Waals surface area contributed by atoms with Crippen LogP contribution in [0.2, 0.25) is 0 Å². The monoisotopic (exact) mass is 281 g/mol. The Bertz CT molecular complexity index is 381. The Labute approximate surface area is 119 Å². The van der Waals surface area contributed by atoms with Crippen molar-refractivity contribution in [3.63, 3.8) is 0 Å². The van der Waals surface area contributed by atoms with Crippen molar-refractivity contribution in [3.05, 3.63) is 24.2 Å². The molecule has 2 aliphatic rings. The number of thioether (sulfide) groups is 1. The van der Waals surface area contributed by atoms with E-state index in [-0.39, 0.29) is 11.6 Å². The van der Waals surface area contributed by atoms with Gasteiger partial charge in [-0.3, -0.25) is 0 Å². The maximum absolute atomic E-state index is 6.13. The van der Waals surface area contributed by atoms with Crippen molar-refractivity contribution in [3.8, 4) is 0 Å². The van der Waals surface area contributed by atoms with Gasteiger partial charge < -0.3 is 14.5 Å². The van der Waals surface area contributed by atoms with E-state index in [0.717, 1.165) is 25.2 Å². The summed E-state index contributed by atoms with van der Waals surface area (Å²) in [6.07, 6.45) is 6.44. The summed E-state index contributed by atoms with van der Waals surface area (Å²) < 4.78 is 11.6. The number of furan rings is 1. The van der Waals surface area contributed by atoms with Crippen LogP contribution in [0.5, 0.6) is 0 Å². The Kier molecular flexibility index (Phi) is 4.20. The highest BCUT2D eigenvalue weighted by Crippen LogP contribution is 2.38. The predicted octanol–water partition coefficient (Wildman–Crippen LogP) is 3.38. The minimum Gasteiger partial charge on any atom is -0.468 e. The van der Waals surface area contributed by atoms with Crippen LogP contribution in [0.1, 0.15) is 44.4 Å². The summed E-state index contributed by atoms with van der Waals surface area (Å²) >= 11 is 2.06. The molecule has 0 bridgehead atoms. The summed E-state index contributed by atoms with van der Waals surface area (Å²) in [4.78, 5) is 0. The molecule has 0 amide bonds. The SMILES string of the molecule is CC(NC1CCOC2(CCSCC2)C1)c1ccco1. The normalized spacial score (nSPS) is 28.4. The summed E-state index contributed by atoms with van der Waals surface area (Å²) in [7, 11) is 0. The molecule has 19 heavy (non-hydrogen) atoms. The fourth-order valence-electron chi connectivity index (χ4n) is 3.24. The summed E-state index contributed by atoms with van der Waals surface area (Å²) in [5.74, 6) is 3.53. The van der Waals surface area contributed by atoms with E-state index in [2.05, 4.69) is 24.0 Å². The van der Waals surface area contributed by atoms with E-state index in [1.165, 1.54) is 24.3 Å². The molecule has 1 aromatic rings. The van der Waals surface area contributed by atoms with Crippen LogP contribution in [-0.4, -0.2) is 29.8 Å². The molecular weight excluding hydrogens is 258 g/mol. The second kappa shape index (κ2) is 5.90. The van der Waals surface area contributed by atoms with Crippen molar-refractivity contribution in [1.82, 2.24) is 5.32 Å². The van der Waals surface area contributed by atoms with Crippen LogP contribution in [0.15, 0.2) is 22.8 Å². The van der Waals surface area contributed by atoms with Crippen molar-refractivity contribution in [2.45, 2.75) is 50.3 Å². The van der Waals surface area contributed by atoms with Crippen LogP contribution in [-0.2, 0) is 4.74 Å². The van der Waals surface area contributed by atoms with Gasteiger partial charge in [0, 0.05) is 12.6 Å². The lowest BCUT2D eigenvalue weighted by atomic mass is 9.85. The summed E-state index contributed by atoms with van der Waals surface area (Å²) in [6.45, 7) is 3.07. The van der Waals surface area contributed by atoms with Gasteiger partial charge in [-0.1, -0.05) is 0 Å². The van der Waals surface area contributed by atoms with Crippen LogP contribution in [0.4, 0.5) is 0 Å². The second-order valence-electron chi connectivity index (χ2n) is 5.74. The minimum absolute atomic E-state index is 0.157. The van der Waals surface area contributed by atoms with Crippen molar-refractivity contribution in [2.24, 2.45) is 0 Å². The lowest BCUT2D eigenvalue weighted by Gasteiger charge is -2.44. The van der Waals surface area contributed by atoms with Gasteiger partial charge in [0.1, 0.15) is 5.76 Å². The molecule has 2 aliphatic heterocycles. The molecule has 0 aromatic carbocycles. The second-order valence-corrected chi connectivity index (χ2v) is 6.96. The summed E-state index contributed by atoms with van der Waals surface area (Å²) in [6, 6.07) is 4.84. The molecule has 0 radical (unpaired) electrons. The molecule has 3 nitrogen and oxygen atoms in total. The Morgan fingerprint density at radius 1 is 1.42 bits per heavy atom. The first-order chi connectivity index (χ1) is 9.27. The van der Waals surface area contributed by atoms with E-state index in [9.17, 15) is 0 Å². The third-order valence-electron chi connectivity index (χ3n) is 4.35. The van der Waals surface area contributed by atoms with E-state index in [4.69, 9.17) is 9.15 Å². The molecule has 1 aromatic heterocycles. The number of ether oxygens (including phenoxy) is 1. The average molecular weight is 281 g/mol. The molecule has 106 valence electrons. The highest BCUT2D eigenvalue weighted by molar-refractivity contribution is 7.99. The van der Waals surface area contributed by atoms with Gasteiger partial charge in [0.25, 0.3) is 0 Å². The molecular formula is C15H23NO2S. The molecule has 2 fully saturated rings. The lowest BCUT2D eigenvalue weighted by molar-refractivity contribution is -0.0942. The van der Waals surface area contributed by atoms with E-state index in [1.54, 1.807) is 6.26 Å². The quantitative estimate of drug-likeness (QED) is 0.921. The molecule has 0 aliphatic carbocycles. The maximum Gasteiger partial charge on any atom is 0.120 e. The highest BCUT2D eigenvalue weighted by Gasteiger charge is 2.39. The number of rotatable bonds is 3. The standard InChI is InChI=1S/C15H23NO2S/c1-12(14-3-2-7-17-14)16-13-4-8-18-15(11-13)5-9-19-10-6-15/h2-3,7,12-13,16H,4-6,8-11H2,1H3. The smallest absolute Gasteiger partial charge is 0.120 e. The van der Waals surface area contributed by atoms with E-state index in [0.29, 0.717) is 6.04 Å². The fraction of sp³-hybridized carbons (Fsp3) is 0.733. The Balaban J connectivity index is 1.59. The van der Waals surface area contributed by atoms with Crippen LogP contribution in [0, 0.1) is 0 Å². The third kappa shape index (κ3) is 3.18. The van der Waals surface area contributed by atoms with Gasteiger partial charge >= 0.3 is 0 Å². The van der Waals surface area contributed by atoms with Crippen molar-refractivity contribution >= 4 is 11.8 Å². The van der Waals surface area contributed by atoms with E-state index >= 15 is 0 Å². The zero-order valence-electron chi connectivity index (χ0n) is 11.6. The number of nitrogens with one attached hydrogen (secondary N) is 1. The van der Waals surface area contributed by atoms with Gasteiger partial charge in [0.05, 0.1) is 17.9 Å². The Morgan fingerprint density at radius 3 is 3.00 bits per heavy atom. The molecule has 4 heteroatoms. The molecule has 1 spiro atoms. The first-order valence-corrected chi connectivity index (χ1v) is 8.44. The number of hydrogen-bond donors (Lipinski definition) is 1. The van der Waals surface area contributed by atoms with Crippen LogP contribution < -0.4 is 5.32 Å². The van der Waals surface area contributed by atoms with Crippen molar-refractivity contribution < 1.29 is 9.15 Å². The topological polar surface area (TPSA) is 34.4 Å². The maximum atomic E-state index is 6.13. The van der Waals surface area contributed by atoms with Gasteiger partial charge in [0.15, 0.2) is 0 Å². The Hall–Kier alpha value is -0.450. The largest absolute Gasteiger partial charge is 0.468 e. The first kappa shape index (κ1) is 13.5. The molecule has 0 saturated carbocycles. The highest BCUT2D eigenvalue weighted by atomic mass is 32.2. The molecule has 3 rings (SSSR count). The van der Waals surface area contributed by atoms with Gasteiger partial charge in [-0.25, -0.2) is 0 Å². The zero-order valence-corrected chi connectivity index (χ0v) is 12.4. The molecule has 1 N–H and O–H groups in total. The third-order valence-corrected chi connectivity index (χ3v) is 5.34. The first-order valence-electron chi connectivity index (χ1n) is 7.29. The van der Waals surface area contributed by atoms with Crippen molar-refractivity contribution in [1.29, 1.82) is 0 Å². The van der Waals surface area contributed by atoms with Gasteiger partial charge in [-0.05, 0) is 56.2 Å². The minimum atomic E-state index is 0.157. The molecule has 3 heterocycles. The van der Waals surface area contributed by atoms with Crippen LogP contribution >= 0.6 is 11.8 Å². The van der Waals surface area contributed by atoms with Gasteiger partial charge in [0.2, 0.25) is 0 Å². The fourth-order valence-corrected chi connectivity index (χ4v) is 4.47. The average Bonchev–Trinajstić information content (AvgIpc) is 2.93. The van der Waals surface area contributed by atoms with Crippen LogP contribution in [0.25, 0.3) is 0 Å². The predicted molar refractivity (Wildman–Crippen MR) is 78.5 cm³/mol. The molecule has 2 saturated heterocycles. The van der Waals surface area contributed by atoms with E-state index in [1.807, 2.05) is 12.1 Å². The number of hydrogen-bond acceptors (Lipinski definition) is 4. The van der Waals surface area contributed by atoms with Gasteiger partial charge in [-0.15, -0.1) is 0 Å². The molecule has 2 atom stereocenters. The van der Waals surface area contributed by atoms with E-state index < -0.39 is 0 Å². The van der Waals surface area contributed by atoms with Gasteiger partial charge in [-0.2, -0.15) is 11.8 Å².